The van der Waals surface area contributed by atoms with Crippen molar-refractivity contribution in [3.63, 3.8) is 0 Å². The predicted molar refractivity (Wildman–Crippen MR) is 371 cm³/mol. The molecule has 0 spiro atoms. The van der Waals surface area contributed by atoms with Crippen LogP contribution in [0.25, 0.3) is 21.3 Å². The summed E-state index contributed by atoms with van der Waals surface area (Å²) in [4.78, 5) is 129. The quantitative estimate of drug-likeness (QED) is 0.0149. The lowest BCUT2D eigenvalue weighted by molar-refractivity contribution is -0.198. The molecule has 4 aromatic heterocycles. The highest BCUT2D eigenvalue weighted by Gasteiger charge is 2.65. The lowest BCUT2D eigenvalue weighted by atomic mass is 9.35. The Labute approximate surface area is 582 Å². The normalized spacial score (nSPS) is 21.0. The van der Waals surface area contributed by atoms with Crippen LogP contribution in [0.4, 0.5) is 37.9 Å². The Balaban J connectivity index is 0.690. The highest BCUT2D eigenvalue weighted by Crippen LogP contribution is 2.75. The number of ether oxygens (including phenoxy) is 2. The molecule has 3 unspecified atom stereocenters. The summed E-state index contributed by atoms with van der Waals surface area (Å²) in [7, 11) is 0. The van der Waals surface area contributed by atoms with Gasteiger partial charge < -0.3 is 56.9 Å². The number of hydrogen-bond acceptors (Lipinski definition) is 19. The number of carboxylic acids is 2. The zero-order chi connectivity index (χ0) is 71.3. The van der Waals surface area contributed by atoms with E-state index in [9.17, 15) is 53.4 Å². The van der Waals surface area contributed by atoms with E-state index in [1.54, 1.807) is 44.3 Å². The molecule has 6 aromatic rings. The van der Waals surface area contributed by atoms with E-state index in [1.807, 2.05) is 59.8 Å². The number of primary amides is 1. The second-order valence-corrected chi connectivity index (χ2v) is 29.7. The largest absolute Gasteiger partial charge is 0.480 e. The Hall–Kier alpha value is -9.90. The van der Waals surface area contributed by atoms with Gasteiger partial charge in [-0.1, -0.05) is 63.3 Å². The minimum absolute atomic E-state index is 0.0115. The SMILES string of the molecule is Cc1c(Nc2nc3ccccc3s2)nnc2c1CCCN2c1ccc(-c2cnn(CC34CC5(C)CC(CCCN(CC(=O)O)C(=O)OCc6ccc(NC(=O)[C@H](CCCNC(N)=O)NC(=O)[C@@H](NC(=O)CCOCCN7C(=O)C=CC7=O)C(C)C)cc6)(C3)C[C@@](C)(C5)C4)c2C)c(C(=O)O)n1. The maximum atomic E-state index is 13.8. The van der Waals surface area contributed by atoms with Crippen molar-refractivity contribution < 1.29 is 62.8 Å². The molecular weight excluding hydrogens is 1300 g/mol. The summed E-state index contributed by atoms with van der Waals surface area (Å²) in [6.07, 6.45) is 12.4. The summed E-state index contributed by atoms with van der Waals surface area (Å²) in [5, 5.41) is 49.8. The number of imide groups is 1. The third kappa shape index (κ3) is 16.5. The molecule has 2 aromatic carbocycles. The van der Waals surface area contributed by atoms with Crippen molar-refractivity contribution >= 4 is 103 Å². The summed E-state index contributed by atoms with van der Waals surface area (Å²) < 4.78 is 14.3. The number of thiazole rings is 1. The van der Waals surface area contributed by atoms with Gasteiger partial charge in [-0.25, -0.2) is 24.4 Å². The van der Waals surface area contributed by atoms with E-state index in [2.05, 4.69) is 50.6 Å². The van der Waals surface area contributed by atoms with Crippen LogP contribution >= 0.6 is 11.3 Å². The number of anilines is 5. The number of pyridine rings is 1. The Bertz CT molecular complexity index is 4100. The number of hydrogen-bond donors (Lipinski definition) is 8. The smallest absolute Gasteiger partial charge is 0.410 e. The maximum Gasteiger partial charge on any atom is 0.410 e. The van der Waals surface area contributed by atoms with Crippen LogP contribution in [0.1, 0.15) is 138 Å². The molecule has 4 saturated carbocycles. The number of carbonyl (C=O) groups excluding carboxylic acids is 7. The second kappa shape index (κ2) is 29.9. The number of benzene rings is 2. The molecule has 4 aliphatic carbocycles. The number of nitrogens with two attached hydrogens (primary N) is 1. The van der Waals surface area contributed by atoms with Crippen molar-refractivity contribution in [2.45, 2.75) is 150 Å². The second-order valence-electron chi connectivity index (χ2n) is 28.7. The van der Waals surface area contributed by atoms with Crippen molar-refractivity contribution in [3.05, 3.63) is 107 Å². The molecule has 0 radical (unpaired) electrons. The number of amides is 8. The first-order valence-electron chi connectivity index (χ1n) is 34.0. The standard InChI is InChI=1S/C71H87N15O13S/c1-42(2)58(79-54(87)24-30-98-31-29-85-55(88)22-23-56(85)89)63(93)76-51(14-9-26-73-65(72)96)62(92)75-46-18-16-45(17-19-46)34-99-67(97)83(33-57(90)91)27-11-25-70-36-68(5)35-69(6,37-70)39-71(38-68,40-70)41-86-44(4)49(32-74-86)48-20-21-53(78-59(48)64(94)95)84-28-10-12-47-43(3)60(81-82-61(47)84)80-66-77-50-13-7-8-15-52(50)100-66/h7-8,13,15-23,32,42,51,58H,9-12,14,24-31,33-41H2,1-6H3,(H,75,92)(H,76,93)(H,79,87)(H,90,91)(H,94,95)(H3,72,73,96)(H,77,80,81)/t51-,58-,68+,69?,70?,71?/m0/s1. The Morgan fingerprint density at radius 3 is 2.25 bits per heavy atom. The van der Waals surface area contributed by atoms with Crippen LogP contribution < -0.4 is 37.2 Å². The number of carbonyl (C=O) groups is 9. The number of urea groups is 1. The molecule has 9 N–H and O–H groups in total. The van der Waals surface area contributed by atoms with Crippen LogP contribution in [0.5, 0.6) is 0 Å². The molecule has 4 bridgehead atoms. The molecule has 100 heavy (non-hydrogen) atoms. The van der Waals surface area contributed by atoms with Crippen LogP contribution in [0.2, 0.25) is 0 Å². The predicted octanol–water partition coefficient (Wildman–Crippen LogP) is 8.70. The topological polar surface area (TPSA) is 378 Å². The number of nitrogens with zero attached hydrogens (tertiary/aromatic N) is 9. The van der Waals surface area contributed by atoms with Crippen molar-refractivity contribution in [2.75, 3.05) is 61.5 Å². The molecule has 6 heterocycles. The molecular formula is C71H87N15O13S. The van der Waals surface area contributed by atoms with E-state index in [-0.39, 0.29) is 86.1 Å². The highest BCUT2D eigenvalue weighted by atomic mass is 32.1. The third-order valence-electron chi connectivity index (χ3n) is 20.0. The molecule has 28 nitrogen and oxygen atoms in total. The average Bonchev–Trinajstić information content (AvgIpc) is 0.970. The van der Waals surface area contributed by atoms with Gasteiger partial charge in [0.2, 0.25) is 17.7 Å². The summed E-state index contributed by atoms with van der Waals surface area (Å²) in [5.41, 5.74) is 10.7. The number of aromatic carboxylic acids is 1. The van der Waals surface area contributed by atoms with Gasteiger partial charge in [-0.15, -0.1) is 10.2 Å². The van der Waals surface area contributed by atoms with Gasteiger partial charge in [0.15, 0.2) is 22.5 Å². The van der Waals surface area contributed by atoms with Crippen molar-refractivity contribution in [1.29, 1.82) is 0 Å². The number of para-hydroxylation sites is 1. The highest BCUT2D eigenvalue weighted by molar-refractivity contribution is 7.22. The molecule has 4 fully saturated rings. The zero-order valence-electron chi connectivity index (χ0n) is 57.2. The van der Waals surface area contributed by atoms with Gasteiger partial charge in [-0.05, 0) is 160 Å². The van der Waals surface area contributed by atoms with E-state index >= 15 is 0 Å². The van der Waals surface area contributed by atoms with Crippen LogP contribution in [0, 0.1) is 41.4 Å². The number of carboxylic acid groups (broad SMARTS) is 2. The van der Waals surface area contributed by atoms with Gasteiger partial charge in [0.05, 0.1) is 36.2 Å². The van der Waals surface area contributed by atoms with Gasteiger partial charge in [0.1, 0.15) is 31.1 Å². The maximum absolute atomic E-state index is 13.8. The van der Waals surface area contributed by atoms with Gasteiger partial charge in [-0.3, -0.25) is 43.2 Å². The van der Waals surface area contributed by atoms with Crippen LogP contribution in [-0.4, -0.2) is 162 Å². The number of nitrogens with one attached hydrogen (secondary N) is 5. The van der Waals surface area contributed by atoms with E-state index in [4.69, 9.17) is 30.3 Å². The number of rotatable bonds is 31. The number of aliphatic carboxylic acids is 1. The van der Waals surface area contributed by atoms with Crippen LogP contribution in [0.15, 0.2) is 79.0 Å². The molecule has 2 aliphatic heterocycles. The summed E-state index contributed by atoms with van der Waals surface area (Å²) >= 11 is 1.54. The van der Waals surface area contributed by atoms with Gasteiger partial charge >= 0.3 is 24.1 Å². The summed E-state index contributed by atoms with van der Waals surface area (Å²) in [6.45, 7) is 12.9. The van der Waals surface area contributed by atoms with E-state index in [1.165, 1.54) is 16.2 Å². The number of fused-ring (bicyclic) bond motifs is 2. The minimum Gasteiger partial charge on any atom is -0.480 e. The average molecular weight is 1390 g/mol. The third-order valence-corrected chi connectivity index (χ3v) is 20.9. The molecule has 29 heteroatoms. The molecule has 6 aliphatic rings. The number of aromatic nitrogens is 6. The minimum atomic E-state index is -1.18. The fourth-order valence-electron chi connectivity index (χ4n) is 16.8. The lowest BCUT2D eigenvalue weighted by Crippen LogP contribution is -2.60. The fraction of sp³-hybridized carbons (Fsp3) is 0.493. The van der Waals surface area contributed by atoms with Gasteiger partial charge in [-0.2, -0.15) is 5.10 Å². The van der Waals surface area contributed by atoms with Crippen molar-refractivity contribution in [2.24, 2.45) is 33.3 Å². The molecule has 0 saturated heterocycles. The Kier molecular flexibility index (Phi) is 21.3. The van der Waals surface area contributed by atoms with E-state index in [0.29, 0.717) is 59.3 Å². The Morgan fingerprint density at radius 1 is 0.820 bits per heavy atom. The zero-order valence-corrected chi connectivity index (χ0v) is 58.0. The van der Waals surface area contributed by atoms with E-state index < -0.39 is 78.1 Å². The molecule has 8 amide bonds. The van der Waals surface area contributed by atoms with Crippen LogP contribution in [-0.2, 0) is 57.8 Å². The van der Waals surface area contributed by atoms with Gasteiger partial charge in [0, 0.05) is 78.4 Å². The molecule has 530 valence electrons. The molecule has 6 atom stereocenters. The lowest BCUT2D eigenvalue weighted by Gasteiger charge is -2.70. The first-order chi connectivity index (χ1) is 47.7. The molecule has 12 rings (SSSR count). The van der Waals surface area contributed by atoms with Crippen molar-refractivity contribution in [1.82, 2.24) is 55.7 Å². The first-order valence-corrected chi connectivity index (χ1v) is 34.8. The van der Waals surface area contributed by atoms with E-state index in [0.717, 1.165) is 107 Å². The monoisotopic (exact) mass is 1390 g/mol. The van der Waals surface area contributed by atoms with Crippen LogP contribution in [0.3, 0.4) is 0 Å². The van der Waals surface area contributed by atoms with Gasteiger partial charge in [0.25, 0.3) is 11.8 Å². The summed E-state index contributed by atoms with van der Waals surface area (Å²) in [6, 6.07) is 15.1. The summed E-state index contributed by atoms with van der Waals surface area (Å²) in [5.74, 6) is -3.66. The Morgan fingerprint density at radius 2 is 1.55 bits per heavy atom. The fourth-order valence-corrected chi connectivity index (χ4v) is 17.7. The first kappa shape index (κ1) is 71.4. The van der Waals surface area contributed by atoms with Crippen molar-refractivity contribution in [3.8, 4) is 11.1 Å².